The predicted octanol–water partition coefficient (Wildman–Crippen LogP) is 4.22. The van der Waals surface area contributed by atoms with Gasteiger partial charge in [0.05, 0.1) is 22.1 Å². The quantitative estimate of drug-likeness (QED) is 0.388. The molecule has 3 heterocycles. The van der Waals surface area contributed by atoms with Crippen molar-refractivity contribution in [3.8, 4) is 11.3 Å². The molecule has 0 atom stereocenters. The maximum atomic E-state index is 14.3. The number of aryl methyl sites for hydroxylation is 1. The van der Waals surface area contributed by atoms with Crippen LogP contribution in [0.25, 0.3) is 11.3 Å². The summed E-state index contributed by atoms with van der Waals surface area (Å²) in [4.78, 5) is 20.9. The van der Waals surface area contributed by atoms with Crippen molar-refractivity contribution in [3.63, 3.8) is 0 Å². The molecule has 3 aromatic rings. The van der Waals surface area contributed by atoms with Crippen LogP contribution < -0.4 is 10.6 Å². The lowest BCUT2D eigenvalue weighted by Gasteiger charge is -2.31. The maximum Gasteiger partial charge on any atom is 0.250 e. The van der Waals surface area contributed by atoms with Gasteiger partial charge in [0.1, 0.15) is 17.5 Å². The Balaban J connectivity index is 1.46. The van der Waals surface area contributed by atoms with E-state index in [1.54, 1.807) is 37.5 Å². The maximum absolute atomic E-state index is 14.3. The summed E-state index contributed by atoms with van der Waals surface area (Å²) in [6, 6.07) is 6.85. The summed E-state index contributed by atoms with van der Waals surface area (Å²) in [5, 5.41) is 13.8. The van der Waals surface area contributed by atoms with Gasteiger partial charge >= 0.3 is 0 Å². The molecule has 0 saturated carbocycles. The Kier molecular flexibility index (Phi) is 7.52. The first-order valence-corrected chi connectivity index (χ1v) is 11.3. The summed E-state index contributed by atoms with van der Waals surface area (Å²) in [6.07, 6.45) is 4.82. The van der Waals surface area contributed by atoms with Gasteiger partial charge in [-0.15, -0.1) is 0 Å². The SMILES string of the molecule is Cc1nnc(-c2cc(Cl)c(F)cc2F)cc1Nc1ccnc(NC(=O)C=CN2CCN(C)CC2)c1. The molecular formula is C24H24ClF2N7O. The molecule has 0 radical (unpaired) electrons. The molecule has 1 aromatic carbocycles. The highest BCUT2D eigenvalue weighted by Gasteiger charge is 2.14. The number of rotatable bonds is 6. The molecule has 1 aliphatic heterocycles. The molecule has 2 N–H and O–H groups in total. The highest BCUT2D eigenvalue weighted by molar-refractivity contribution is 6.31. The van der Waals surface area contributed by atoms with Crippen LogP contribution in [0.15, 0.2) is 48.8 Å². The summed E-state index contributed by atoms with van der Waals surface area (Å²) in [5.74, 6) is -1.58. The number of hydrogen-bond acceptors (Lipinski definition) is 7. The van der Waals surface area contributed by atoms with Crippen LogP contribution in [0.1, 0.15) is 5.69 Å². The second-order valence-electron chi connectivity index (χ2n) is 8.17. The molecule has 0 unspecified atom stereocenters. The zero-order chi connectivity index (χ0) is 24.9. The van der Waals surface area contributed by atoms with Crippen LogP contribution in [0.3, 0.4) is 0 Å². The molecule has 35 heavy (non-hydrogen) atoms. The van der Waals surface area contributed by atoms with Crippen molar-refractivity contribution >= 4 is 34.7 Å². The van der Waals surface area contributed by atoms with E-state index in [0.717, 1.165) is 26.2 Å². The summed E-state index contributed by atoms with van der Waals surface area (Å²) >= 11 is 5.81. The van der Waals surface area contributed by atoms with Gasteiger partial charge in [-0.2, -0.15) is 10.2 Å². The fourth-order valence-corrected chi connectivity index (χ4v) is 3.64. The Morgan fingerprint density at radius 1 is 1.09 bits per heavy atom. The number of likely N-dealkylation sites (N-methyl/N-ethyl adjacent to an activating group) is 1. The fourth-order valence-electron chi connectivity index (χ4n) is 3.47. The molecule has 182 valence electrons. The van der Waals surface area contributed by atoms with Crippen molar-refractivity contribution in [1.82, 2.24) is 25.0 Å². The third kappa shape index (κ3) is 6.28. The summed E-state index contributed by atoms with van der Waals surface area (Å²) < 4.78 is 27.8. The van der Waals surface area contributed by atoms with Crippen LogP contribution in [0.2, 0.25) is 5.02 Å². The molecule has 0 bridgehead atoms. The number of carbonyl (C=O) groups is 1. The van der Waals surface area contributed by atoms with E-state index in [9.17, 15) is 13.6 Å². The summed E-state index contributed by atoms with van der Waals surface area (Å²) in [5.41, 5.74) is 1.95. The Bertz CT molecular complexity index is 1260. The first-order valence-electron chi connectivity index (χ1n) is 10.9. The van der Waals surface area contributed by atoms with Crippen molar-refractivity contribution < 1.29 is 13.6 Å². The van der Waals surface area contributed by atoms with E-state index >= 15 is 0 Å². The van der Waals surface area contributed by atoms with E-state index in [0.29, 0.717) is 29.0 Å². The van der Waals surface area contributed by atoms with Crippen LogP contribution in [-0.2, 0) is 4.79 Å². The molecule has 8 nitrogen and oxygen atoms in total. The summed E-state index contributed by atoms with van der Waals surface area (Å²) in [6.45, 7) is 5.38. The van der Waals surface area contributed by atoms with Crippen LogP contribution in [-0.4, -0.2) is 64.1 Å². The first kappa shape index (κ1) is 24.5. The van der Waals surface area contributed by atoms with Crippen LogP contribution >= 0.6 is 11.6 Å². The average molecular weight is 500 g/mol. The number of hydrogen-bond donors (Lipinski definition) is 2. The zero-order valence-electron chi connectivity index (χ0n) is 19.2. The molecular weight excluding hydrogens is 476 g/mol. The smallest absolute Gasteiger partial charge is 0.250 e. The lowest BCUT2D eigenvalue weighted by Crippen LogP contribution is -2.41. The third-order valence-electron chi connectivity index (χ3n) is 5.53. The van der Waals surface area contributed by atoms with Gasteiger partial charge < -0.3 is 20.4 Å². The molecule has 1 saturated heterocycles. The van der Waals surface area contributed by atoms with Crippen molar-refractivity contribution in [1.29, 1.82) is 0 Å². The van der Waals surface area contributed by atoms with Gasteiger partial charge in [0.15, 0.2) is 0 Å². The van der Waals surface area contributed by atoms with E-state index in [-0.39, 0.29) is 22.2 Å². The molecule has 1 fully saturated rings. The number of aromatic nitrogens is 3. The topological polar surface area (TPSA) is 86.3 Å². The third-order valence-corrected chi connectivity index (χ3v) is 5.82. The number of anilines is 3. The summed E-state index contributed by atoms with van der Waals surface area (Å²) in [7, 11) is 2.07. The van der Waals surface area contributed by atoms with Crippen molar-refractivity contribution in [2.75, 3.05) is 43.9 Å². The molecule has 0 aliphatic carbocycles. The zero-order valence-corrected chi connectivity index (χ0v) is 20.0. The molecule has 0 spiro atoms. The first-order chi connectivity index (χ1) is 16.8. The molecule has 11 heteroatoms. The Hall–Kier alpha value is -3.63. The largest absolute Gasteiger partial charge is 0.375 e. The minimum Gasteiger partial charge on any atom is -0.375 e. The number of carbonyl (C=O) groups excluding carboxylic acids is 1. The van der Waals surface area contributed by atoms with E-state index in [1.165, 1.54) is 12.1 Å². The number of nitrogens with zero attached hydrogens (tertiary/aromatic N) is 5. The van der Waals surface area contributed by atoms with E-state index < -0.39 is 11.6 Å². The second kappa shape index (κ2) is 10.7. The van der Waals surface area contributed by atoms with E-state index in [4.69, 9.17) is 11.6 Å². The van der Waals surface area contributed by atoms with Gasteiger partial charge in [-0.1, -0.05) is 11.6 Å². The van der Waals surface area contributed by atoms with E-state index in [2.05, 4.69) is 42.7 Å². The van der Waals surface area contributed by atoms with Crippen molar-refractivity contribution in [2.45, 2.75) is 6.92 Å². The Morgan fingerprint density at radius 3 is 2.63 bits per heavy atom. The van der Waals surface area contributed by atoms with E-state index in [1.807, 2.05) is 0 Å². The minimum absolute atomic E-state index is 0.0294. The normalized spacial score (nSPS) is 14.4. The van der Waals surface area contributed by atoms with Gasteiger partial charge in [0.25, 0.3) is 5.91 Å². The lowest BCUT2D eigenvalue weighted by atomic mass is 10.1. The molecule has 2 aromatic heterocycles. The van der Waals surface area contributed by atoms with Crippen molar-refractivity contribution in [2.24, 2.45) is 0 Å². The van der Waals surface area contributed by atoms with Gasteiger partial charge in [-0.05, 0) is 32.2 Å². The highest BCUT2D eigenvalue weighted by Crippen LogP contribution is 2.30. The van der Waals surface area contributed by atoms with Gasteiger partial charge in [0.2, 0.25) is 0 Å². The number of benzene rings is 1. The molecule has 1 aliphatic rings. The number of halogens is 3. The minimum atomic E-state index is -0.851. The standard InChI is InChI=1S/C24H24ClF2N7O/c1-15-21(14-22(32-31-15)17-12-18(25)20(27)13-19(17)26)29-16-3-5-28-23(11-16)30-24(35)4-6-34-9-7-33(2)8-10-34/h3-6,11-14H,7-10H2,1-2H3,(H2,28,29,30,32,35). The molecule has 4 rings (SSSR count). The Labute approximate surface area is 206 Å². The van der Waals surface area contributed by atoms with Crippen LogP contribution in [0, 0.1) is 18.6 Å². The fraction of sp³-hybridized carbons (Fsp3) is 0.250. The predicted molar refractivity (Wildman–Crippen MR) is 131 cm³/mol. The molecule has 1 amide bonds. The average Bonchev–Trinajstić information content (AvgIpc) is 2.83. The number of nitrogens with one attached hydrogen (secondary N) is 2. The van der Waals surface area contributed by atoms with Crippen LogP contribution in [0.5, 0.6) is 0 Å². The van der Waals surface area contributed by atoms with Gasteiger partial charge in [-0.3, -0.25) is 4.79 Å². The van der Waals surface area contributed by atoms with Gasteiger partial charge in [-0.25, -0.2) is 13.8 Å². The highest BCUT2D eigenvalue weighted by atomic mass is 35.5. The second-order valence-corrected chi connectivity index (χ2v) is 8.58. The lowest BCUT2D eigenvalue weighted by molar-refractivity contribution is -0.112. The number of amides is 1. The van der Waals surface area contributed by atoms with Gasteiger partial charge in [0, 0.05) is 68.0 Å². The van der Waals surface area contributed by atoms with Crippen LogP contribution in [0.4, 0.5) is 26.0 Å². The van der Waals surface area contributed by atoms with Crippen molar-refractivity contribution in [3.05, 3.63) is 71.2 Å². The number of piperazine rings is 1. The monoisotopic (exact) mass is 499 g/mol. The Morgan fingerprint density at radius 2 is 1.86 bits per heavy atom. The number of pyridine rings is 1.